The summed E-state index contributed by atoms with van der Waals surface area (Å²) in [7, 11) is 1.58. The molecule has 0 spiro atoms. The molecule has 1 aliphatic heterocycles. The first-order chi connectivity index (χ1) is 11.3. The third-order valence-corrected chi connectivity index (χ3v) is 3.99. The molecule has 0 saturated carbocycles. The average molecular weight is 312 g/mol. The molecular formula is C17H20N4O2. The molecule has 120 valence electrons. The Morgan fingerprint density at radius 1 is 1.35 bits per heavy atom. The van der Waals surface area contributed by atoms with E-state index in [1.165, 1.54) is 6.33 Å². The molecule has 1 N–H and O–H groups in total. The van der Waals surface area contributed by atoms with Crippen molar-refractivity contribution in [3.63, 3.8) is 0 Å². The van der Waals surface area contributed by atoms with Crippen molar-refractivity contribution < 1.29 is 9.53 Å². The van der Waals surface area contributed by atoms with E-state index in [2.05, 4.69) is 15.3 Å². The summed E-state index contributed by atoms with van der Waals surface area (Å²) in [6, 6.07) is 9.59. The summed E-state index contributed by atoms with van der Waals surface area (Å²) in [6.07, 6.45) is 4.96. The first-order valence-electron chi connectivity index (χ1n) is 7.72. The maximum atomic E-state index is 12.7. The monoisotopic (exact) mass is 312 g/mol. The lowest BCUT2D eigenvalue weighted by atomic mass is 10.0. The van der Waals surface area contributed by atoms with Crippen molar-refractivity contribution >= 4 is 11.6 Å². The molecular weight excluding hydrogens is 292 g/mol. The van der Waals surface area contributed by atoms with Crippen molar-refractivity contribution in [3.8, 4) is 5.88 Å². The van der Waals surface area contributed by atoms with Gasteiger partial charge in [0.25, 0.3) is 0 Å². The van der Waals surface area contributed by atoms with Crippen LogP contribution in [0.3, 0.4) is 0 Å². The normalized spacial score (nSPS) is 18.0. The highest BCUT2D eigenvalue weighted by Crippen LogP contribution is 2.21. The van der Waals surface area contributed by atoms with Crippen LogP contribution in [0.4, 0.5) is 5.69 Å². The summed E-state index contributed by atoms with van der Waals surface area (Å²) in [5, 5.41) is 3.31. The fourth-order valence-corrected chi connectivity index (χ4v) is 2.81. The maximum absolute atomic E-state index is 12.7. The van der Waals surface area contributed by atoms with Crippen molar-refractivity contribution in [3.05, 3.63) is 48.4 Å². The summed E-state index contributed by atoms with van der Waals surface area (Å²) in [5.41, 5.74) is 1.80. The zero-order valence-electron chi connectivity index (χ0n) is 13.1. The van der Waals surface area contributed by atoms with Crippen LogP contribution in [0.25, 0.3) is 0 Å². The highest BCUT2D eigenvalue weighted by Gasteiger charge is 2.29. The highest BCUT2D eigenvalue weighted by molar-refractivity contribution is 5.97. The zero-order valence-corrected chi connectivity index (χ0v) is 13.1. The minimum absolute atomic E-state index is 0.110. The molecule has 1 saturated heterocycles. The van der Waals surface area contributed by atoms with Gasteiger partial charge in [0, 0.05) is 30.5 Å². The third-order valence-electron chi connectivity index (χ3n) is 3.99. The first-order valence-corrected chi connectivity index (χ1v) is 7.72. The molecule has 0 radical (unpaired) electrons. The van der Waals surface area contributed by atoms with Gasteiger partial charge in [-0.05, 0) is 25.0 Å². The number of methoxy groups -OCH3 is 1. The van der Waals surface area contributed by atoms with E-state index in [1.807, 2.05) is 35.2 Å². The van der Waals surface area contributed by atoms with Gasteiger partial charge in [-0.2, -0.15) is 0 Å². The smallest absolute Gasteiger partial charge is 0.244 e. The number of ether oxygens (including phenoxy) is 1. The van der Waals surface area contributed by atoms with Crippen LogP contribution in [0.15, 0.2) is 42.9 Å². The number of nitrogens with zero attached hydrogens (tertiary/aromatic N) is 3. The molecule has 1 unspecified atom stereocenters. The largest absolute Gasteiger partial charge is 0.481 e. The summed E-state index contributed by atoms with van der Waals surface area (Å²) >= 11 is 0. The molecule has 2 heterocycles. The lowest BCUT2D eigenvalue weighted by Gasteiger charge is -2.32. The number of amides is 1. The van der Waals surface area contributed by atoms with Crippen LogP contribution in [0.5, 0.6) is 5.88 Å². The number of nitrogens with one attached hydrogen (secondary N) is 1. The molecule has 1 aromatic carbocycles. The number of hydrogen-bond donors (Lipinski definition) is 1. The quantitative estimate of drug-likeness (QED) is 0.911. The summed E-state index contributed by atoms with van der Waals surface area (Å²) in [6.45, 7) is 1.27. The fraction of sp³-hybridized carbons (Fsp3) is 0.353. The second kappa shape index (κ2) is 7.19. The Morgan fingerprint density at radius 3 is 2.96 bits per heavy atom. The van der Waals surface area contributed by atoms with Gasteiger partial charge in [0.2, 0.25) is 11.8 Å². The number of para-hydroxylation sites is 1. The average Bonchev–Trinajstić information content (AvgIpc) is 2.62. The lowest BCUT2D eigenvalue weighted by Crippen LogP contribution is -2.50. The third kappa shape index (κ3) is 3.48. The Bertz CT molecular complexity index is 663. The molecule has 3 rings (SSSR count). The van der Waals surface area contributed by atoms with Crippen molar-refractivity contribution in [2.24, 2.45) is 0 Å². The molecule has 0 bridgehead atoms. The Labute approximate surface area is 135 Å². The van der Waals surface area contributed by atoms with Crippen molar-refractivity contribution in [1.29, 1.82) is 0 Å². The molecule has 2 aromatic rings. The molecule has 1 aromatic heterocycles. The van der Waals surface area contributed by atoms with E-state index in [0.717, 1.165) is 30.6 Å². The molecule has 1 atom stereocenters. The van der Waals surface area contributed by atoms with Gasteiger partial charge in [0.15, 0.2) is 0 Å². The van der Waals surface area contributed by atoms with E-state index in [4.69, 9.17) is 4.74 Å². The van der Waals surface area contributed by atoms with E-state index in [9.17, 15) is 4.79 Å². The van der Waals surface area contributed by atoms with Gasteiger partial charge in [-0.15, -0.1) is 0 Å². The minimum atomic E-state index is -0.200. The van der Waals surface area contributed by atoms with E-state index < -0.39 is 0 Å². The summed E-state index contributed by atoms with van der Waals surface area (Å²) in [5.74, 6) is 0.647. The molecule has 1 amide bonds. The minimum Gasteiger partial charge on any atom is -0.481 e. The van der Waals surface area contributed by atoms with Crippen molar-refractivity contribution in [1.82, 2.24) is 15.3 Å². The van der Waals surface area contributed by atoms with Gasteiger partial charge in [-0.3, -0.25) is 4.79 Å². The van der Waals surface area contributed by atoms with Crippen LogP contribution in [-0.4, -0.2) is 35.6 Å². The molecule has 23 heavy (non-hydrogen) atoms. The number of rotatable bonds is 5. The topological polar surface area (TPSA) is 67.4 Å². The lowest BCUT2D eigenvalue weighted by molar-refractivity contribution is -0.121. The number of piperidine rings is 1. The van der Waals surface area contributed by atoms with E-state index in [1.54, 1.807) is 13.3 Å². The predicted molar refractivity (Wildman–Crippen MR) is 87.2 cm³/mol. The fourth-order valence-electron chi connectivity index (χ4n) is 2.81. The number of carbonyl (C=O) groups excluding carboxylic acids is 1. The van der Waals surface area contributed by atoms with Gasteiger partial charge in [0.1, 0.15) is 6.33 Å². The molecule has 1 fully saturated rings. The van der Waals surface area contributed by atoms with Crippen molar-refractivity contribution in [2.75, 3.05) is 18.6 Å². The summed E-state index contributed by atoms with van der Waals surface area (Å²) in [4.78, 5) is 22.6. The second-order valence-corrected chi connectivity index (χ2v) is 5.46. The Hall–Kier alpha value is -2.47. The second-order valence-electron chi connectivity index (χ2n) is 5.46. The van der Waals surface area contributed by atoms with Gasteiger partial charge in [-0.25, -0.2) is 9.97 Å². The van der Waals surface area contributed by atoms with Crippen LogP contribution in [-0.2, 0) is 11.3 Å². The molecule has 6 nitrogen and oxygen atoms in total. The first kappa shape index (κ1) is 15.4. The molecule has 6 heteroatoms. The standard InChI is InChI=1S/C17H20N4O2/c1-23-16-13(10-18-12-20-16)11-19-15-8-5-9-21(17(15)22)14-6-3-2-4-7-14/h2-4,6-7,10,12,15,19H,5,8-9,11H2,1H3. The number of anilines is 1. The molecule has 0 aliphatic carbocycles. The SMILES string of the molecule is COc1ncncc1CNC1CCCN(c2ccccc2)C1=O. The number of hydrogen-bond acceptors (Lipinski definition) is 5. The Balaban J connectivity index is 1.67. The highest BCUT2D eigenvalue weighted by atomic mass is 16.5. The van der Waals surface area contributed by atoms with Crippen LogP contribution >= 0.6 is 0 Å². The van der Waals surface area contributed by atoms with Crippen LogP contribution < -0.4 is 15.0 Å². The summed E-state index contributed by atoms with van der Waals surface area (Å²) < 4.78 is 5.22. The van der Waals surface area contributed by atoms with Gasteiger partial charge in [0.05, 0.1) is 13.2 Å². The van der Waals surface area contributed by atoms with E-state index in [0.29, 0.717) is 12.4 Å². The van der Waals surface area contributed by atoms with Gasteiger partial charge in [-0.1, -0.05) is 18.2 Å². The van der Waals surface area contributed by atoms with Gasteiger partial charge < -0.3 is 15.0 Å². The number of carbonyl (C=O) groups is 1. The Kier molecular flexibility index (Phi) is 4.83. The predicted octanol–water partition coefficient (Wildman–Crippen LogP) is 1.77. The van der Waals surface area contributed by atoms with E-state index >= 15 is 0 Å². The number of benzene rings is 1. The van der Waals surface area contributed by atoms with Crippen LogP contribution in [0.2, 0.25) is 0 Å². The van der Waals surface area contributed by atoms with Crippen LogP contribution in [0, 0.1) is 0 Å². The molecule has 1 aliphatic rings. The Morgan fingerprint density at radius 2 is 2.17 bits per heavy atom. The van der Waals surface area contributed by atoms with Gasteiger partial charge >= 0.3 is 0 Å². The van der Waals surface area contributed by atoms with Crippen molar-refractivity contribution in [2.45, 2.75) is 25.4 Å². The number of aromatic nitrogens is 2. The van der Waals surface area contributed by atoms with Crippen LogP contribution in [0.1, 0.15) is 18.4 Å². The zero-order chi connectivity index (χ0) is 16.1. The maximum Gasteiger partial charge on any atom is 0.244 e. The van der Waals surface area contributed by atoms with E-state index in [-0.39, 0.29) is 11.9 Å².